The molecule has 12 nitrogen and oxygen atoms in total. The average Bonchev–Trinajstić information content (AvgIpc) is 3.52. The number of hydrogen-bond acceptors (Lipinski definition) is 8. The molecule has 4 aromatic rings. The third-order valence-electron chi connectivity index (χ3n) is 10.8. The summed E-state index contributed by atoms with van der Waals surface area (Å²) in [5.74, 6) is -1.32. The number of nitrogens with one attached hydrogen (secondary N) is 2. The van der Waals surface area contributed by atoms with Crippen LogP contribution in [0.25, 0.3) is 0 Å². The van der Waals surface area contributed by atoms with Gasteiger partial charge < -0.3 is 20.4 Å². The number of carbonyl (C=O) groups excluding carboxylic acids is 5. The molecule has 4 aromatic carbocycles. The Balaban J connectivity index is 0.986. The largest absolute Gasteiger partial charge is 0.354 e. The summed E-state index contributed by atoms with van der Waals surface area (Å²) < 4.78 is 28.0. The number of nitrogens with zero attached hydrogens (tertiary/aromatic N) is 3. The molecular formula is C44H45N5O7S. The molecule has 3 aliphatic rings. The van der Waals surface area contributed by atoms with Gasteiger partial charge in [-0.25, -0.2) is 8.42 Å². The maximum Gasteiger partial charge on any atom is 0.259 e. The van der Waals surface area contributed by atoms with Crippen LogP contribution in [0.1, 0.15) is 56.7 Å². The lowest BCUT2D eigenvalue weighted by molar-refractivity contribution is -0.137. The highest BCUT2D eigenvalue weighted by molar-refractivity contribution is 7.91. The summed E-state index contributed by atoms with van der Waals surface area (Å²) in [5.41, 5.74) is 3.12. The van der Waals surface area contributed by atoms with Gasteiger partial charge in [-0.05, 0) is 98.3 Å². The molecule has 5 amide bonds. The molecule has 0 saturated carbocycles. The van der Waals surface area contributed by atoms with Gasteiger partial charge in [-0.1, -0.05) is 66.7 Å². The number of carbonyl (C=O) groups is 5. The fourth-order valence-electron chi connectivity index (χ4n) is 7.62. The molecule has 3 aliphatic heterocycles. The monoisotopic (exact) mass is 787 g/mol. The van der Waals surface area contributed by atoms with E-state index >= 15 is 0 Å². The van der Waals surface area contributed by atoms with E-state index in [1.807, 2.05) is 6.07 Å². The standard InChI is InChI=1S/C44H45N5O7S/c50-40(45-22-26-48-41(51)17-18-42(48)52)28-32-11-13-34(14-12-32)30-49-37-29-35(15-16-39(37)57(55,56)38-10-5-4-9-36(38)44(49)54)43(53)46-21-6-23-47-24-19-33(20-25-47)27-31-7-2-1-3-8-31/h1-5,7-18,29,33H,6,19-28,30H2,(H,45,50)(H,46,53). The van der Waals surface area contributed by atoms with E-state index in [2.05, 4.69) is 39.8 Å². The Hall–Kier alpha value is -5.92. The molecule has 57 heavy (non-hydrogen) atoms. The maximum absolute atomic E-state index is 14.1. The third kappa shape index (κ3) is 9.22. The molecule has 2 N–H and O–H groups in total. The number of piperidine rings is 1. The number of sulfone groups is 1. The van der Waals surface area contributed by atoms with Gasteiger partial charge in [0, 0.05) is 37.3 Å². The molecule has 0 spiro atoms. The molecule has 3 heterocycles. The van der Waals surface area contributed by atoms with Crippen LogP contribution in [0.3, 0.4) is 0 Å². The fraction of sp³-hybridized carbons (Fsp3) is 0.295. The summed E-state index contributed by atoms with van der Waals surface area (Å²) in [5, 5.41) is 5.70. The van der Waals surface area contributed by atoms with E-state index in [-0.39, 0.29) is 64.5 Å². The fourth-order valence-corrected chi connectivity index (χ4v) is 9.26. The summed E-state index contributed by atoms with van der Waals surface area (Å²) >= 11 is 0. The van der Waals surface area contributed by atoms with Crippen LogP contribution in [0.5, 0.6) is 0 Å². The van der Waals surface area contributed by atoms with Gasteiger partial charge in [-0.15, -0.1) is 0 Å². The van der Waals surface area contributed by atoms with Crippen molar-refractivity contribution in [1.29, 1.82) is 0 Å². The minimum Gasteiger partial charge on any atom is -0.354 e. The van der Waals surface area contributed by atoms with Gasteiger partial charge in [0.2, 0.25) is 15.7 Å². The smallest absolute Gasteiger partial charge is 0.259 e. The van der Waals surface area contributed by atoms with Gasteiger partial charge in [0.1, 0.15) is 0 Å². The molecule has 0 aromatic heterocycles. The quantitative estimate of drug-likeness (QED) is 0.142. The summed E-state index contributed by atoms with van der Waals surface area (Å²) in [7, 11) is -4.12. The Morgan fingerprint density at radius 1 is 0.684 bits per heavy atom. The number of imide groups is 1. The molecule has 1 fully saturated rings. The highest BCUT2D eigenvalue weighted by Gasteiger charge is 2.36. The molecule has 7 rings (SSSR count). The summed E-state index contributed by atoms with van der Waals surface area (Å²) in [6.07, 6.45) is 6.59. The predicted molar refractivity (Wildman–Crippen MR) is 214 cm³/mol. The zero-order valence-corrected chi connectivity index (χ0v) is 32.4. The second-order valence-electron chi connectivity index (χ2n) is 14.7. The molecule has 294 valence electrons. The first-order valence-corrected chi connectivity index (χ1v) is 20.8. The number of amides is 5. The van der Waals surface area contributed by atoms with Crippen molar-refractivity contribution in [2.45, 2.75) is 48.4 Å². The maximum atomic E-state index is 14.1. The average molecular weight is 788 g/mol. The number of likely N-dealkylation sites (tertiary alicyclic amines) is 1. The van der Waals surface area contributed by atoms with Crippen molar-refractivity contribution in [3.8, 4) is 0 Å². The topological polar surface area (TPSA) is 153 Å². The molecular weight excluding hydrogens is 743 g/mol. The van der Waals surface area contributed by atoms with Crippen LogP contribution in [0.15, 0.2) is 119 Å². The van der Waals surface area contributed by atoms with Crippen molar-refractivity contribution in [2.24, 2.45) is 5.92 Å². The number of anilines is 1. The van der Waals surface area contributed by atoms with Crippen LogP contribution in [0.4, 0.5) is 5.69 Å². The van der Waals surface area contributed by atoms with E-state index in [0.29, 0.717) is 23.6 Å². The molecule has 0 bridgehead atoms. The van der Waals surface area contributed by atoms with Gasteiger partial charge >= 0.3 is 0 Å². The second-order valence-corrected chi connectivity index (χ2v) is 16.5. The van der Waals surface area contributed by atoms with E-state index in [0.717, 1.165) is 50.2 Å². The lowest BCUT2D eigenvalue weighted by atomic mass is 9.90. The van der Waals surface area contributed by atoms with E-state index < -0.39 is 27.6 Å². The van der Waals surface area contributed by atoms with Crippen molar-refractivity contribution >= 4 is 45.1 Å². The normalized spacial score (nSPS) is 16.6. The van der Waals surface area contributed by atoms with E-state index in [9.17, 15) is 32.4 Å². The van der Waals surface area contributed by atoms with Crippen molar-refractivity contribution in [2.75, 3.05) is 44.2 Å². The van der Waals surface area contributed by atoms with Crippen molar-refractivity contribution in [3.63, 3.8) is 0 Å². The Bertz CT molecular complexity index is 2280. The van der Waals surface area contributed by atoms with E-state index in [4.69, 9.17) is 0 Å². The summed E-state index contributed by atoms with van der Waals surface area (Å²) in [6.45, 7) is 3.56. The van der Waals surface area contributed by atoms with E-state index in [1.165, 1.54) is 52.9 Å². The van der Waals surface area contributed by atoms with Gasteiger partial charge in [0.15, 0.2) is 0 Å². The van der Waals surface area contributed by atoms with E-state index in [1.54, 1.807) is 36.4 Å². The second kappa shape index (κ2) is 17.5. The number of benzene rings is 4. The van der Waals surface area contributed by atoms with Crippen LogP contribution >= 0.6 is 0 Å². The first kappa shape index (κ1) is 39.3. The van der Waals surface area contributed by atoms with Crippen LogP contribution in [0, 0.1) is 5.92 Å². The highest BCUT2D eigenvalue weighted by atomic mass is 32.2. The number of hydrogen-bond donors (Lipinski definition) is 2. The molecule has 0 unspecified atom stereocenters. The lowest BCUT2D eigenvalue weighted by Crippen LogP contribution is -2.38. The third-order valence-corrected chi connectivity index (χ3v) is 12.6. The molecule has 0 radical (unpaired) electrons. The number of rotatable bonds is 14. The first-order valence-electron chi connectivity index (χ1n) is 19.3. The Labute approximate surface area is 332 Å². The highest BCUT2D eigenvalue weighted by Crippen LogP contribution is 2.38. The van der Waals surface area contributed by atoms with Crippen LogP contribution in [-0.2, 0) is 43.6 Å². The molecule has 13 heteroatoms. The Morgan fingerprint density at radius 2 is 1.37 bits per heavy atom. The molecule has 0 aliphatic carbocycles. The van der Waals surface area contributed by atoms with Crippen molar-refractivity contribution < 1.29 is 32.4 Å². The summed E-state index contributed by atoms with van der Waals surface area (Å²) in [6, 6.07) is 28.1. The number of fused-ring (bicyclic) bond motifs is 2. The van der Waals surface area contributed by atoms with Crippen LogP contribution < -0.4 is 15.5 Å². The van der Waals surface area contributed by atoms with Crippen molar-refractivity contribution in [1.82, 2.24) is 20.4 Å². The van der Waals surface area contributed by atoms with Gasteiger partial charge in [-0.2, -0.15) is 0 Å². The first-order chi connectivity index (χ1) is 27.6. The Kier molecular flexibility index (Phi) is 12.1. The zero-order chi connectivity index (χ0) is 39.9. The van der Waals surface area contributed by atoms with Gasteiger partial charge in [0.25, 0.3) is 23.6 Å². The molecule has 0 atom stereocenters. The van der Waals surface area contributed by atoms with Crippen molar-refractivity contribution in [3.05, 3.63) is 137 Å². The van der Waals surface area contributed by atoms with Crippen LogP contribution in [-0.4, -0.2) is 87.0 Å². The lowest BCUT2D eigenvalue weighted by Gasteiger charge is -2.32. The summed E-state index contributed by atoms with van der Waals surface area (Å²) in [4.78, 5) is 68.4. The van der Waals surface area contributed by atoms with Gasteiger partial charge in [-0.3, -0.25) is 28.9 Å². The minimum absolute atomic E-state index is 0.00119. The SMILES string of the molecule is O=C(Cc1ccc(CN2C(=O)c3ccccc3S(=O)(=O)c3ccc(C(=O)NCCCN4CCC(Cc5ccccc5)CC4)cc32)cc1)NCCN1C(=O)C=CC1=O. The zero-order valence-electron chi connectivity index (χ0n) is 31.6. The molecule has 1 saturated heterocycles. The van der Waals surface area contributed by atoms with Gasteiger partial charge in [0.05, 0.1) is 34.0 Å². The predicted octanol–water partition coefficient (Wildman–Crippen LogP) is 4.34. The minimum atomic E-state index is -4.12. The van der Waals surface area contributed by atoms with Crippen LogP contribution in [0.2, 0.25) is 0 Å². The Morgan fingerprint density at radius 3 is 2.11 bits per heavy atom.